The lowest BCUT2D eigenvalue weighted by Gasteiger charge is -2.27. The number of allylic oxidation sites excluding steroid dienone is 1. The molecule has 0 aromatic carbocycles. The Balaban J connectivity index is 2.69. The van der Waals surface area contributed by atoms with Crippen LogP contribution in [0.2, 0.25) is 0 Å². The Bertz CT molecular complexity index is 346. The topological polar surface area (TPSA) is 41.4 Å². The summed E-state index contributed by atoms with van der Waals surface area (Å²) in [6.45, 7) is 10.2. The van der Waals surface area contributed by atoms with Crippen molar-refractivity contribution in [2.45, 2.75) is 71.9 Å². The molecule has 0 aliphatic carbocycles. The maximum absolute atomic E-state index is 5.96. The number of aliphatic imine (C=N–C) groups is 1. The van der Waals surface area contributed by atoms with E-state index in [0.717, 1.165) is 18.9 Å². The highest BCUT2D eigenvalue weighted by Crippen LogP contribution is 2.32. The molecule has 1 heterocycles. The van der Waals surface area contributed by atoms with Gasteiger partial charge in [0.15, 0.2) is 0 Å². The molecule has 21 heavy (non-hydrogen) atoms. The SMILES string of the molecule is CCC(/C(C)=C/N1CC1CC)C(CC=NC)CCC(C)N. The average molecular weight is 293 g/mol. The van der Waals surface area contributed by atoms with Crippen LogP contribution in [0.1, 0.15) is 59.8 Å². The van der Waals surface area contributed by atoms with Crippen LogP contribution in [0.15, 0.2) is 16.8 Å². The first-order valence-electron chi connectivity index (χ1n) is 8.63. The van der Waals surface area contributed by atoms with Crippen LogP contribution in [0.5, 0.6) is 0 Å². The van der Waals surface area contributed by atoms with Crippen LogP contribution in [0, 0.1) is 11.8 Å². The number of nitrogens with zero attached hydrogens (tertiary/aromatic N) is 2. The lowest BCUT2D eigenvalue weighted by atomic mass is 9.79. The molecule has 0 spiro atoms. The number of rotatable bonds is 10. The molecule has 4 atom stereocenters. The molecule has 1 fully saturated rings. The van der Waals surface area contributed by atoms with Crippen molar-refractivity contribution in [3.8, 4) is 0 Å². The van der Waals surface area contributed by atoms with Crippen LogP contribution >= 0.6 is 0 Å². The van der Waals surface area contributed by atoms with E-state index in [1.54, 1.807) is 0 Å². The summed E-state index contributed by atoms with van der Waals surface area (Å²) in [6.07, 6.45) is 10.3. The predicted molar refractivity (Wildman–Crippen MR) is 93.7 cm³/mol. The van der Waals surface area contributed by atoms with E-state index in [0.29, 0.717) is 17.9 Å². The summed E-state index contributed by atoms with van der Waals surface area (Å²) in [5.41, 5.74) is 7.49. The summed E-state index contributed by atoms with van der Waals surface area (Å²) >= 11 is 0. The summed E-state index contributed by atoms with van der Waals surface area (Å²) in [7, 11) is 1.87. The van der Waals surface area contributed by atoms with Crippen LogP contribution in [-0.4, -0.2) is 36.8 Å². The summed E-state index contributed by atoms with van der Waals surface area (Å²) in [5.74, 6) is 1.32. The van der Waals surface area contributed by atoms with Crippen molar-refractivity contribution < 1.29 is 0 Å². The van der Waals surface area contributed by atoms with Gasteiger partial charge in [0.1, 0.15) is 0 Å². The van der Waals surface area contributed by atoms with E-state index in [2.05, 4.69) is 50.0 Å². The summed E-state index contributed by atoms with van der Waals surface area (Å²) in [4.78, 5) is 6.67. The molecule has 3 heteroatoms. The van der Waals surface area contributed by atoms with E-state index < -0.39 is 0 Å². The van der Waals surface area contributed by atoms with Gasteiger partial charge in [0, 0.05) is 25.7 Å². The maximum Gasteiger partial charge on any atom is 0.0457 e. The molecule has 0 amide bonds. The van der Waals surface area contributed by atoms with Crippen molar-refractivity contribution in [3.05, 3.63) is 11.8 Å². The largest absolute Gasteiger partial charge is 0.371 e. The Kier molecular flexibility index (Phi) is 8.02. The van der Waals surface area contributed by atoms with E-state index in [-0.39, 0.29) is 0 Å². The Morgan fingerprint density at radius 3 is 2.57 bits per heavy atom. The van der Waals surface area contributed by atoms with Gasteiger partial charge in [-0.1, -0.05) is 19.4 Å². The van der Waals surface area contributed by atoms with Gasteiger partial charge in [-0.05, 0) is 70.2 Å². The standard InChI is InChI=1S/C18H35N3/c1-6-17-13-21(17)12-14(3)18(7-2)16(10-11-20-5)9-8-15(4)19/h11-12,15-18H,6-10,13,19H2,1-5H3/b14-12+,20-11?. The molecular formula is C18H35N3. The summed E-state index contributed by atoms with van der Waals surface area (Å²) < 4.78 is 0. The van der Waals surface area contributed by atoms with E-state index in [1.807, 2.05) is 7.05 Å². The lowest BCUT2D eigenvalue weighted by Crippen LogP contribution is -2.21. The fraction of sp³-hybridized carbons (Fsp3) is 0.833. The Morgan fingerprint density at radius 2 is 2.10 bits per heavy atom. The van der Waals surface area contributed by atoms with Crippen LogP contribution in [0.3, 0.4) is 0 Å². The molecule has 0 saturated carbocycles. The van der Waals surface area contributed by atoms with Gasteiger partial charge in [-0.25, -0.2) is 0 Å². The van der Waals surface area contributed by atoms with Gasteiger partial charge >= 0.3 is 0 Å². The van der Waals surface area contributed by atoms with E-state index in [9.17, 15) is 0 Å². The fourth-order valence-electron chi connectivity index (χ4n) is 3.30. The smallest absolute Gasteiger partial charge is 0.0457 e. The van der Waals surface area contributed by atoms with Crippen molar-refractivity contribution in [1.82, 2.24) is 4.90 Å². The molecule has 122 valence electrons. The molecule has 2 N–H and O–H groups in total. The van der Waals surface area contributed by atoms with E-state index in [4.69, 9.17) is 5.73 Å². The van der Waals surface area contributed by atoms with Gasteiger partial charge in [-0.2, -0.15) is 0 Å². The van der Waals surface area contributed by atoms with Crippen molar-refractivity contribution in [1.29, 1.82) is 0 Å². The molecule has 0 aromatic heterocycles. The van der Waals surface area contributed by atoms with Crippen LogP contribution in [0.25, 0.3) is 0 Å². The first-order valence-corrected chi connectivity index (χ1v) is 8.63. The third kappa shape index (κ3) is 6.21. The highest BCUT2D eigenvalue weighted by atomic mass is 15.3. The van der Waals surface area contributed by atoms with Crippen molar-refractivity contribution >= 4 is 6.21 Å². The second kappa shape index (κ2) is 9.24. The van der Waals surface area contributed by atoms with Gasteiger partial charge in [-0.15, -0.1) is 0 Å². The highest BCUT2D eigenvalue weighted by Gasteiger charge is 2.30. The first-order chi connectivity index (χ1) is 10.0. The number of hydrogen-bond acceptors (Lipinski definition) is 3. The molecule has 1 aliphatic heterocycles. The Labute approximate surface area is 131 Å². The van der Waals surface area contributed by atoms with Gasteiger partial charge in [0.25, 0.3) is 0 Å². The Morgan fingerprint density at radius 1 is 1.38 bits per heavy atom. The molecule has 1 saturated heterocycles. The highest BCUT2D eigenvalue weighted by molar-refractivity contribution is 5.57. The lowest BCUT2D eigenvalue weighted by molar-refractivity contribution is 0.338. The first kappa shape index (κ1) is 18.2. The third-order valence-electron chi connectivity index (χ3n) is 4.77. The molecule has 0 radical (unpaired) electrons. The van der Waals surface area contributed by atoms with Crippen molar-refractivity contribution in [2.75, 3.05) is 13.6 Å². The van der Waals surface area contributed by atoms with Crippen molar-refractivity contribution in [3.63, 3.8) is 0 Å². The van der Waals surface area contributed by atoms with Gasteiger partial charge in [0.05, 0.1) is 0 Å². The zero-order valence-electron chi connectivity index (χ0n) is 14.7. The second-order valence-electron chi connectivity index (χ2n) is 6.64. The third-order valence-corrected chi connectivity index (χ3v) is 4.77. The molecule has 0 aromatic rings. The normalized spacial score (nSPS) is 23.4. The zero-order chi connectivity index (χ0) is 15.8. The second-order valence-corrected chi connectivity index (χ2v) is 6.64. The zero-order valence-corrected chi connectivity index (χ0v) is 14.7. The monoisotopic (exact) mass is 293 g/mol. The molecule has 4 unspecified atom stereocenters. The average Bonchev–Trinajstić information content (AvgIpc) is 3.19. The number of hydrogen-bond donors (Lipinski definition) is 1. The summed E-state index contributed by atoms with van der Waals surface area (Å²) in [5, 5.41) is 0. The minimum atomic E-state index is 0.296. The van der Waals surface area contributed by atoms with Crippen LogP contribution < -0.4 is 5.73 Å². The quantitative estimate of drug-likeness (QED) is 0.491. The molecule has 1 aliphatic rings. The van der Waals surface area contributed by atoms with Gasteiger partial charge < -0.3 is 15.6 Å². The molecule has 3 nitrogen and oxygen atoms in total. The predicted octanol–water partition coefficient (Wildman–Crippen LogP) is 3.84. The molecule has 1 rings (SSSR count). The minimum Gasteiger partial charge on any atom is -0.371 e. The maximum atomic E-state index is 5.96. The molecule has 0 bridgehead atoms. The van der Waals surface area contributed by atoms with E-state index >= 15 is 0 Å². The molecular weight excluding hydrogens is 258 g/mol. The Hall–Kier alpha value is -0.830. The number of nitrogens with two attached hydrogens (primary N) is 1. The van der Waals surface area contributed by atoms with Gasteiger partial charge in [-0.3, -0.25) is 0 Å². The van der Waals surface area contributed by atoms with Gasteiger partial charge in [0.2, 0.25) is 0 Å². The summed E-state index contributed by atoms with van der Waals surface area (Å²) in [6, 6.07) is 1.08. The van der Waals surface area contributed by atoms with Crippen LogP contribution in [0.4, 0.5) is 0 Å². The fourth-order valence-corrected chi connectivity index (χ4v) is 3.30. The van der Waals surface area contributed by atoms with E-state index in [1.165, 1.54) is 31.4 Å². The van der Waals surface area contributed by atoms with Crippen molar-refractivity contribution in [2.24, 2.45) is 22.6 Å². The minimum absolute atomic E-state index is 0.296. The van der Waals surface area contributed by atoms with Crippen LogP contribution in [-0.2, 0) is 0 Å².